The van der Waals surface area contributed by atoms with Gasteiger partial charge in [-0.05, 0) is 73.5 Å². The Hall–Kier alpha value is -2.42. The maximum atomic E-state index is 12.4. The molecule has 0 spiro atoms. The smallest absolute Gasteiger partial charge is 0.482 e. The van der Waals surface area contributed by atoms with Gasteiger partial charge in [-0.15, -0.1) is 0 Å². The molecule has 0 unspecified atom stereocenters. The number of halogens is 2. The van der Waals surface area contributed by atoms with Crippen LogP contribution in [0.25, 0.3) is 0 Å². The molecule has 1 aromatic rings. The number of fused-ring (bicyclic) bond motifs is 2. The molecule has 2 N–H and O–H groups in total. The van der Waals surface area contributed by atoms with Gasteiger partial charge in [0.1, 0.15) is 11.9 Å². The van der Waals surface area contributed by atoms with Gasteiger partial charge in [0.05, 0.1) is 6.10 Å². The lowest BCUT2D eigenvalue weighted by molar-refractivity contribution is -0.139. The van der Waals surface area contributed by atoms with E-state index in [9.17, 15) is 23.5 Å². The molecule has 1 fully saturated rings. The van der Waals surface area contributed by atoms with Crippen LogP contribution in [0.15, 0.2) is 18.2 Å². The summed E-state index contributed by atoms with van der Waals surface area (Å²) in [7, 11) is 0. The minimum absolute atomic E-state index is 0.0305. The quantitative estimate of drug-likeness (QED) is 0.516. The summed E-state index contributed by atoms with van der Waals surface area (Å²) < 4.78 is 40.2. The highest BCUT2D eigenvalue weighted by molar-refractivity contribution is 5.68. The average Bonchev–Trinajstić information content (AvgIpc) is 3.08. The average molecular weight is 456 g/mol. The number of hydrogen-bond donors (Lipinski definition) is 2. The summed E-state index contributed by atoms with van der Waals surface area (Å²) in [5.41, 5.74) is 2.03. The van der Waals surface area contributed by atoms with Crippen molar-refractivity contribution in [2.75, 3.05) is 13.2 Å². The van der Waals surface area contributed by atoms with Crippen molar-refractivity contribution in [2.24, 2.45) is 17.8 Å². The highest BCUT2D eigenvalue weighted by Crippen LogP contribution is 2.49. The molecule has 0 amide bonds. The van der Waals surface area contributed by atoms with Crippen molar-refractivity contribution < 1.29 is 42.8 Å². The van der Waals surface area contributed by atoms with Gasteiger partial charge in [0, 0.05) is 0 Å². The van der Waals surface area contributed by atoms with E-state index in [0.717, 1.165) is 11.1 Å². The van der Waals surface area contributed by atoms with Crippen molar-refractivity contribution in [1.82, 2.24) is 0 Å². The molecule has 9 heteroatoms. The van der Waals surface area contributed by atoms with Gasteiger partial charge in [-0.1, -0.05) is 19.1 Å². The Morgan fingerprint density at radius 2 is 2.03 bits per heavy atom. The lowest BCUT2D eigenvalue weighted by Gasteiger charge is -2.32. The third-order valence-corrected chi connectivity index (χ3v) is 6.55. The van der Waals surface area contributed by atoms with E-state index in [2.05, 4.69) is 4.74 Å². The van der Waals surface area contributed by atoms with E-state index in [-0.39, 0.29) is 17.8 Å². The van der Waals surface area contributed by atoms with Gasteiger partial charge < -0.3 is 24.4 Å². The van der Waals surface area contributed by atoms with E-state index < -0.39 is 44.0 Å². The molecule has 1 aromatic carbocycles. The van der Waals surface area contributed by atoms with E-state index in [1.54, 1.807) is 6.07 Å². The number of aliphatic hydroxyl groups excluding tert-OH is 1. The zero-order valence-corrected chi connectivity index (χ0v) is 18.0. The number of aliphatic hydroxyl groups is 1. The summed E-state index contributed by atoms with van der Waals surface area (Å²) in [4.78, 5) is 22.9. The van der Waals surface area contributed by atoms with Crippen LogP contribution in [0.1, 0.15) is 43.7 Å². The van der Waals surface area contributed by atoms with Crippen LogP contribution in [0, 0.1) is 17.8 Å². The van der Waals surface area contributed by atoms with Crippen molar-refractivity contribution in [3.8, 4) is 5.75 Å². The van der Waals surface area contributed by atoms with Crippen LogP contribution >= 0.6 is 0 Å². The molecule has 0 aromatic heterocycles. The predicted octanol–water partition coefficient (Wildman–Crippen LogP) is 3.84. The van der Waals surface area contributed by atoms with E-state index >= 15 is 0 Å². The summed E-state index contributed by atoms with van der Waals surface area (Å²) in [6.07, 6.45) is -1.06. The van der Waals surface area contributed by atoms with Crippen LogP contribution in [-0.2, 0) is 27.1 Å². The molecular formula is C23H30F2O7. The fourth-order valence-electron chi connectivity index (χ4n) is 5.06. The molecule has 0 aliphatic heterocycles. The Labute approximate surface area is 185 Å². The predicted molar refractivity (Wildman–Crippen MR) is 110 cm³/mol. The molecule has 0 radical (unpaired) electrons. The van der Waals surface area contributed by atoms with Crippen molar-refractivity contribution >= 4 is 12.1 Å². The number of carboxylic acid groups (broad SMARTS) is 1. The molecule has 3 rings (SSSR count). The Bertz CT molecular complexity index is 801. The highest BCUT2D eigenvalue weighted by Gasteiger charge is 2.47. The zero-order chi connectivity index (χ0) is 23.3. The maximum Gasteiger partial charge on any atom is 0.508 e. The fourth-order valence-corrected chi connectivity index (χ4v) is 5.06. The van der Waals surface area contributed by atoms with Crippen LogP contribution < -0.4 is 4.74 Å². The Morgan fingerprint density at radius 3 is 2.72 bits per heavy atom. The summed E-state index contributed by atoms with van der Waals surface area (Å²) in [5.74, 6) is -0.190. The standard InChI is InChI=1S/C23H30F2O7/c1-2-15(26)6-7-16-17-8-13-4-3-5-19(30-12-22(27)28)18(13)9-14(17)10-20(16)32-23(29)31-11-21(24)25/h3-5,14-17,20-21,26H,2,6-12H2,1H3,(H,27,28)/t14-,15-,16+,17-,20+/m0/s1. The largest absolute Gasteiger partial charge is 0.508 e. The molecule has 32 heavy (non-hydrogen) atoms. The van der Waals surface area contributed by atoms with Gasteiger partial charge in [-0.2, -0.15) is 0 Å². The van der Waals surface area contributed by atoms with Crippen LogP contribution in [0.5, 0.6) is 5.75 Å². The summed E-state index contributed by atoms with van der Waals surface area (Å²) in [6.45, 7) is 0.463. The first-order valence-electron chi connectivity index (χ1n) is 11.0. The van der Waals surface area contributed by atoms with Crippen molar-refractivity contribution in [3.63, 3.8) is 0 Å². The lowest BCUT2D eigenvalue weighted by Crippen LogP contribution is -2.30. The van der Waals surface area contributed by atoms with E-state index in [0.29, 0.717) is 44.3 Å². The summed E-state index contributed by atoms with van der Waals surface area (Å²) in [6, 6.07) is 5.57. The maximum absolute atomic E-state index is 12.4. The van der Waals surface area contributed by atoms with Gasteiger partial charge in [0.15, 0.2) is 13.2 Å². The van der Waals surface area contributed by atoms with E-state index in [4.69, 9.17) is 14.6 Å². The highest BCUT2D eigenvalue weighted by atomic mass is 19.3. The van der Waals surface area contributed by atoms with Crippen LogP contribution in [0.3, 0.4) is 0 Å². The molecule has 178 valence electrons. The van der Waals surface area contributed by atoms with Crippen molar-refractivity contribution in [3.05, 3.63) is 29.3 Å². The fraction of sp³-hybridized carbons (Fsp3) is 0.652. The molecular weight excluding hydrogens is 426 g/mol. The van der Waals surface area contributed by atoms with Gasteiger partial charge in [-0.25, -0.2) is 18.4 Å². The Morgan fingerprint density at radius 1 is 1.25 bits per heavy atom. The van der Waals surface area contributed by atoms with Crippen LogP contribution in [-0.4, -0.2) is 54.2 Å². The number of carbonyl (C=O) groups excluding carboxylic acids is 1. The van der Waals surface area contributed by atoms with Gasteiger partial charge >= 0.3 is 12.1 Å². The molecule has 7 nitrogen and oxygen atoms in total. The SMILES string of the molecule is CC[C@H](O)CC[C@@H]1[C@H]2Cc3cccc(OCC(=O)O)c3C[C@H]2C[C@H]1OC(=O)OCC(F)F. The molecule has 2 aliphatic carbocycles. The third kappa shape index (κ3) is 6.09. The number of carboxylic acids is 1. The first-order chi connectivity index (χ1) is 15.3. The first kappa shape index (κ1) is 24.2. The minimum Gasteiger partial charge on any atom is -0.482 e. The van der Waals surface area contributed by atoms with Gasteiger partial charge in [0.25, 0.3) is 6.43 Å². The molecule has 5 atom stereocenters. The topological polar surface area (TPSA) is 102 Å². The Kier molecular flexibility index (Phi) is 8.28. The minimum atomic E-state index is -2.76. The van der Waals surface area contributed by atoms with Crippen molar-refractivity contribution in [1.29, 1.82) is 0 Å². The zero-order valence-electron chi connectivity index (χ0n) is 18.0. The lowest BCUT2D eigenvalue weighted by atomic mass is 9.73. The number of ether oxygens (including phenoxy) is 3. The second-order valence-electron chi connectivity index (χ2n) is 8.56. The number of rotatable bonds is 10. The second-order valence-corrected chi connectivity index (χ2v) is 8.56. The summed E-state index contributed by atoms with van der Waals surface area (Å²) >= 11 is 0. The number of benzene rings is 1. The van der Waals surface area contributed by atoms with Crippen molar-refractivity contribution in [2.45, 2.75) is 64.1 Å². The first-order valence-corrected chi connectivity index (χ1v) is 11.0. The molecule has 0 bridgehead atoms. The number of carbonyl (C=O) groups is 2. The summed E-state index contributed by atoms with van der Waals surface area (Å²) in [5, 5.41) is 19.0. The molecule has 1 saturated carbocycles. The van der Waals surface area contributed by atoms with Gasteiger partial charge in [0.2, 0.25) is 0 Å². The number of aliphatic carboxylic acids is 1. The van der Waals surface area contributed by atoms with E-state index in [1.807, 2.05) is 19.1 Å². The normalized spacial score (nSPS) is 25.0. The molecule has 0 saturated heterocycles. The third-order valence-electron chi connectivity index (χ3n) is 6.55. The van der Waals surface area contributed by atoms with Crippen LogP contribution in [0.2, 0.25) is 0 Å². The number of hydrogen-bond acceptors (Lipinski definition) is 6. The van der Waals surface area contributed by atoms with Crippen LogP contribution in [0.4, 0.5) is 13.6 Å². The molecule has 2 aliphatic rings. The number of alkyl halides is 2. The Balaban J connectivity index is 1.75. The molecule has 0 heterocycles. The van der Waals surface area contributed by atoms with E-state index in [1.165, 1.54) is 0 Å². The van der Waals surface area contributed by atoms with Gasteiger partial charge in [-0.3, -0.25) is 0 Å². The second kappa shape index (κ2) is 10.9. The monoisotopic (exact) mass is 456 g/mol.